The largest absolute Gasteiger partial charge is 0.370 e. The third kappa shape index (κ3) is 2.87. The van der Waals surface area contributed by atoms with Crippen LogP contribution in [-0.4, -0.2) is 12.5 Å². The van der Waals surface area contributed by atoms with Gasteiger partial charge < -0.3 is 11.1 Å². The van der Waals surface area contributed by atoms with Crippen molar-refractivity contribution in [3.8, 4) is 0 Å². The number of nitrogens with zero attached hydrogens (tertiary/aromatic N) is 1. The van der Waals surface area contributed by atoms with Gasteiger partial charge in [-0.3, -0.25) is 4.99 Å². The Bertz CT molecular complexity index is 367. The Hall–Kier alpha value is -1.72. The number of hydrogen-bond donors (Lipinski definition) is 2. The summed E-state index contributed by atoms with van der Waals surface area (Å²) in [6, 6.07) is 1.60. The van der Waals surface area contributed by atoms with Gasteiger partial charge in [0.05, 0.1) is 0 Å². The smallest absolute Gasteiger partial charge is 0.194 e. The summed E-state index contributed by atoms with van der Waals surface area (Å²) >= 11 is 0. The summed E-state index contributed by atoms with van der Waals surface area (Å²) in [5.74, 6) is -4.04. The lowest BCUT2D eigenvalue weighted by Gasteiger charge is -2.05. The fourth-order valence-corrected chi connectivity index (χ4v) is 0.985. The molecule has 1 aromatic carbocycles. The molecule has 82 valence electrons. The fraction of sp³-hybridized carbons (Fsp3) is 0.222. The molecular formula is C9H10F3N3. The molecule has 0 saturated heterocycles. The highest BCUT2D eigenvalue weighted by molar-refractivity contribution is 5.92. The molecule has 0 aliphatic carbocycles. The average molecular weight is 217 g/mol. The molecule has 0 atom stereocenters. The monoisotopic (exact) mass is 217 g/mol. The number of nitrogens with two attached hydrogens (primary N) is 1. The van der Waals surface area contributed by atoms with E-state index in [-0.39, 0.29) is 11.6 Å². The molecule has 0 heterocycles. The molecule has 0 spiro atoms. The molecule has 3 nitrogen and oxygen atoms in total. The topological polar surface area (TPSA) is 50.4 Å². The zero-order valence-electron chi connectivity index (χ0n) is 8.02. The van der Waals surface area contributed by atoms with Crippen LogP contribution in [0.5, 0.6) is 0 Å². The van der Waals surface area contributed by atoms with Gasteiger partial charge in [0.15, 0.2) is 23.4 Å². The predicted molar refractivity (Wildman–Crippen MR) is 52.1 cm³/mol. The van der Waals surface area contributed by atoms with E-state index in [2.05, 4.69) is 10.3 Å². The summed E-state index contributed by atoms with van der Waals surface area (Å²) in [6.45, 7) is 2.19. The highest BCUT2D eigenvalue weighted by Crippen LogP contribution is 2.16. The number of anilines is 1. The molecule has 1 aromatic rings. The van der Waals surface area contributed by atoms with E-state index in [1.165, 1.54) is 0 Å². The molecule has 0 aromatic heterocycles. The highest BCUT2D eigenvalue weighted by atomic mass is 19.2. The first-order chi connectivity index (χ1) is 7.04. The predicted octanol–water partition coefficient (Wildman–Crippen LogP) is 1.85. The third-order valence-corrected chi connectivity index (χ3v) is 1.58. The third-order valence-electron chi connectivity index (χ3n) is 1.58. The van der Waals surface area contributed by atoms with Gasteiger partial charge in [0, 0.05) is 24.4 Å². The Morgan fingerprint density at radius 3 is 2.33 bits per heavy atom. The Balaban J connectivity index is 2.93. The first kappa shape index (κ1) is 11.4. The summed E-state index contributed by atoms with van der Waals surface area (Å²) < 4.78 is 38.0. The van der Waals surface area contributed by atoms with E-state index in [0.717, 1.165) is 12.1 Å². The van der Waals surface area contributed by atoms with Crippen LogP contribution in [0.3, 0.4) is 0 Å². The lowest BCUT2D eigenvalue weighted by Crippen LogP contribution is -2.22. The summed E-state index contributed by atoms with van der Waals surface area (Å²) in [4.78, 5) is 3.75. The number of rotatable bonds is 2. The van der Waals surface area contributed by atoms with Gasteiger partial charge >= 0.3 is 0 Å². The van der Waals surface area contributed by atoms with Gasteiger partial charge in [-0.1, -0.05) is 0 Å². The summed E-state index contributed by atoms with van der Waals surface area (Å²) in [5, 5.41) is 2.43. The van der Waals surface area contributed by atoms with Crippen LogP contribution in [0.2, 0.25) is 0 Å². The van der Waals surface area contributed by atoms with Crippen LogP contribution in [0.1, 0.15) is 6.92 Å². The molecule has 3 N–H and O–H groups in total. The van der Waals surface area contributed by atoms with Crippen molar-refractivity contribution in [3.63, 3.8) is 0 Å². The molecule has 0 bridgehead atoms. The Morgan fingerprint density at radius 1 is 1.33 bits per heavy atom. The van der Waals surface area contributed by atoms with Crippen molar-refractivity contribution < 1.29 is 13.2 Å². The molecule has 0 aliphatic heterocycles. The number of hydrogen-bond acceptors (Lipinski definition) is 1. The molecular weight excluding hydrogens is 207 g/mol. The minimum absolute atomic E-state index is 0.0149. The van der Waals surface area contributed by atoms with E-state index in [1.54, 1.807) is 6.92 Å². The summed E-state index contributed by atoms with van der Waals surface area (Å²) in [5.41, 5.74) is 5.37. The molecule has 15 heavy (non-hydrogen) atoms. The zero-order chi connectivity index (χ0) is 11.4. The van der Waals surface area contributed by atoms with Gasteiger partial charge in [-0.2, -0.15) is 0 Å². The Kier molecular flexibility index (Phi) is 3.54. The van der Waals surface area contributed by atoms with Crippen LogP contribution in [0.15, 0.2) is 17.1 Å². The lowest BCUT2D eigenvalue weighted by molar-refractivity contribution is 0.448. The molecule has 0 unspecified atom stereocenters. The van der Waals surface area contributed by atoms with Crippen molar-refractivity contribution in [1.82, 2.24) is 0 Å². The van der Waals surface area contributed by atoms with Gasteiger partial charge in [-0.25, -0.2) is 13.2 Å². The zero-order valence-corrected chi connectivity index (χ0v) is 8.02. The van der Waals surface area contributed by atoms with Crippen LogP contribution < -0.4 is 11.1 Å². The molecule has 0 aliphatic rings. The van der Waals surface area contributed by atoms with Crippen LogP contribution in [0.4, 0.5) is 18.9 Å². The minimum Gasteiger partial charge on any atom is -0.370 e. The second-order valence-electron chi connectivity index (χ2n) is 2.74. The first-order valence-electron chi connectivity index (χ1n) is 4.26. The maximum Gasteiger partial charge on any atom is 0.194 e. The maximum atomic E-state index is 12.7. The summed E-state index contributed by atoms with van der Waals surface area (Å²) in [6.07, 6.45) is 0. The number of benzene rings is 1. The van der Waals surface area contributed by atoms with Gasteiger partial charge in [0.1, 0.15) is 0 Å². The Morgan fingerprint density at radius 2 is 1.87 bits per heavy atom. The van der Waals surface area contributed by atoms with E-state index in [1.807, 2.05) is 0 Å². The fourth-order valence-electron chi connectivity index (χ4n) is 0.985. The standard InChI is InChI=1S/C9H10F3N3/c1-2-14-9(13)15-5-3-6(10)8(12)7(11)4-5/h3-4H,2H2,1H3,(H3,13,14,15). The van der Waals surface area contributed by atoms with Gasteiger partial charge in [-0.15, -0.1) is 0 Å². The van der Waals surface area contributed by atoms with Crippen LogP contribution in [-0.2, 0) is 0 Å². The van der Waals surface area contributed by atoms with Crippen molar-refractivity contribution >= 4 is 11.6 Å². The maximum absolute atomic E-state index is 12.7. The van der Waals surface area contributed by atoms with Crippen LogP contribution >= 0.6 is 0 Å². The van der Waals surface area contributed by atoms with E-state index in [0.29, 0.717) is 6.54 Å². The summed E-state index contributed by atoms with van der Waals surface area (Å²) in [7, 11) is 0. The SMILES string of the molecule is CCN=C(N)Nc1cc(F)c(F)c(F)c1. The second kappa shape index (κ2) is 4.68. The van der Waals surface area contributed by atoms with E-state index < -0.39 is 17.5 Å². The number of aliphatic imine (C=N–C) groups is 1. The van der Waals surface area contributed by atoms with Crippen molar-refractivity contribution in [3.05, 3.63) is 29.6 Å². The number of halogens is 3. The normalized spacial score (nSPS) is 11.6. The van der Waals surface area contributed by atoms with Gasteiger partial charge in [-0.05, 0) is 6.92 Å². The van der Waals surface area contributed by atoms with E-state index in [9.17, 15) is 13.2 Å². The lowest BCUT2D eigenvalue weighted by atomic mass is 10.3. The number of guanidine groups is 1. The van der Waals surface area contributed by atoms with Crippen molar-refractivity contribution in [1.29, 1.82) is 0 Å². The van der Waals surface area contributed by atoms with Crippen LogP contribution in [0.25, 0.3) is 0 Å². The number of nitrogens with one attached hydrogen (secondary N) is 1. The van der Waals surface area contributed by atoms with E-state index >= 15 is 0 Å². The van der Waals surface area contributed by atoms with Crippen LogP contribution in [0, 0.1) is 17.5 Å². The van der Waals surface area contributed by atoms with Gasteiger partial charge in [0.25, 0.3) is 0 Å². The Labute approximate surface area is 84.8 Å². The minimum atomic E-state index is -1.51. The molecule has 6 heteroatoms. The van der Waals surface area contributed by atoms with Gasteiger partial charge in [0.2, 0.25) is 0 Å². The molecule has 0 amide bonds. The molecule has 0 radical (unpaired) electrons. The first-order valence-corrected chi connectivity index (χ1v) is 4.26. The van der Waals surface area contributed by atoms with Crippen molar-refractivity contribution in [2.45, 2.75) is 6.92 Å². The quantitative estimate of drug-likeness (QED) is 0.451. The molecule has 0 fully saturated rings. The van der Waals surface area contributed by atoms with Crippen molar-refractivity contribution in [2.24, 2.45) is 10.7 Å². The molecule has 1 rings (SSSR count). The van der Waals surface area contributed by atoms with Crippen molar-refractivity contribution in [2.75, 3.05) is 11.9 Å². The second-order valence-corrected chi connectivity index (χ2v) is 2.74. The highest BCUT2D eigenvalue weighted by Gasteiger charge is 2.10. The average Bonchev–Trinajstić information content (AvgIpc) is 2.14. The molecule has 0 saturated carbocycles. The van der Waals surface area contributed by atoms with E-state index in [4.69, 9.17) is 5.73 Å².